The molecule has 0 radical (unpaired) electrons. The van der Waals surface area contributed by atoms with Gasteiger partial charge >= 0.3 is 0 Å². The van der Waals surface area contributed by atoms with Crippen LogP contribution in [0, 0.1) is 13.8 Å². The predicted octanol–water partition coefficient (Wildman–Crippen LogP) is 1.74. The van der Waals surface area contributed by atoms with Gasteiger partial charge in [-0.05, 0) is 13.8 Å². The van der Waals surface area contributed by atoms with Crippen molar-refractivity contribution in [3.05, 3.63) is 10.7 Å². The molecule has 64 valence electrons. The zero-order valence-electron chi connectivity index (χ0n) is 6.24. The highest BCUT2D eigenvalue weighted by Gasteiger charge is 2.16. The molecule has 0 saturated heterocycles. The van der Waals surface area contributed by atoms with Gasteiger partial charge in [0.05, 0.1) is 10.7 Å². The number of rotatable bonds is 1. The van der Waals surface area contributed by atoms with Crippen LogP contribution in [0.4, 0.5) is 0 Å². The van der Waals surface area contributed by atoms with Crippen LogP contribution in [0.2, 0.25) is 0 Å². The fraction of sp³-hybridized carbons (Fsp3) is 0.400. The van der Waals surface area contributed by atoms with Crippen molar-refractivity contribution in [3.8, 4) is 0 Å². The number of aryl methyl sites for hydroxylation is 2. The first-order chi connectivity index (χ1) is 4.91. The second-order valence-corrected chi connectivity index (χ2v) is 5.25. The predicted molar refractivity (Wildman–Crippen MR) is 46.9 cm³/mol. The molecule has 1 rings (SSSR count). The Hall–Kier alpha value is -0.140. The fourth-order valence-corrected chi connectivity index (χ4v) is 2.77. The Kier molecular flexibility index (Phi) is 2.22. The Bertz CT molecular complexity index is 266. The molecule has 0 saturated carbocycles. The first kappa shape index (κ1) is 8.95. The maximum atomic E-state index is 9.07. The smallest absolute Gasteiger partial charge is 0.150 e. The minimum Gasteiger partial charge on any atom is -0.281 e. The fourth-order valence-electron chi connectivity index (χ4n) is 0.791. The summed E-state index contributed by atoms with van der Waals surface area (Å²) in [5, 5.41) is 5.93. The Balaban J connectivity index is 3.13. The van der Waals surface area contributed by atoms with Gasteiger partial charge in [0, 0.05) is 0 Å². The quantitative estimate of drug-likeness (QED) is 0.636. The molecule has 0 fully saturated rings. The highest BCUT2D eigenvalue weighted by atomic mass is 32.3. The minimum absolute atomic E-state index is 0.384. The van der Waals surface area contributed by atoms with E-state index in [2.05, 4.69) is 4.98 Å². The number of hydrogen-bond acceptors (Lipinski definition) is 5. The van der Waals surface area contributed by atoms with Crippen molar-refractivity contribution in [1.82, 2.24) is 4.98 Å². The SMILES string of the molecule is Cc1nc(C)c(S(N)(O)O)s1. The van der Waals surface area contributed by atoms with E-state index in [9.17, 15) is 0 Å². The van der Waals surface area contributed by atoms with Crippen LogP contribution in [0.3, 0.4) is 0 Å². The summed E-state index contributed by atoms with van der Waals surface area (Å²) in [6, 6.07) is 0. The zero-order valence-corrected chi connectivity index (χ0v) is 7.87. The number of aromatic nitrogens is 1. The highest BCUT2D eigenvalue weighted by molar-refractivity contribution is 8.23. The van der Waals surface area contributed by atoms with Gasteiger partial charge in [-0.25, -0.2) is 10.1 Å². The van der Waals surface area contributed by atoms with Crippen molar-refractivity contribution in [2.24, 2.45) is 5.14 Å². The van der Waals surface area contributed by atoms with E-state index in [-0.39, 0.29) is 0 Å². The molecule has 1 aromatic rings. The molecule has 1 heterocycles. The lowest BCUT2D eigenvalue weighted by atomic mass is 10.6. The molecule has 1 aromatic heterocycles. The summed E-state index contributed by atoms with van der Waals surface area (Å²) in [5.74, 6) is 0. The van der Waals surface area contributed by atoms with Gasteiger partial charge in [-0.3, -0.25) is 9.11 Å². The maximum Gasteiger partial charge on any atom is 0.150 e. The largest absolute Gasteiger partial charge is 0.281 e. The van der Waals surface area contributed by atoms with E-state index >= 15 is 0 Å². The van der Waals surface area contributed by atoms with Crippen LogP contribution < -0.4 is 5.14 Å². The van der Waals surface area contributed by atoms with Gasteiger partial charge in [0.15, 0.2) is 4.21 Å². The normalized spacial score (nSPS) is 13.5. The van der Waals surface area contributed by atoms with E-state index < -0.39 is 10.8 Å². The molecule has 0 bridgehead atoms. The first-order valence-electron chi connectivity index (χ1n) is 2.91. The van der Waals surface area contributed by atoms with Crippen molar-refractivity contribution in [1.29, 1.82) is 0 Å². The number of nitrogens with zero attached hydrogens (tertiary/aromatic N) is 1. The van der Waals surface area contributed by atoms with Crippen LogP contribution in [0.25, 0.3) is 0 Å². The van der Waals surface area contributed by atoms with Gasteiger partial charge in [-0.15, -0.1) is 22.1 Å². The van der Waals surface area contributed by atoms with E-state index in [4.69, 9.17) is 14.2 Å². The molecule has 0 aromatic carbocycles. The Morgan fingerprint density at radius 3 is 2.18 bits per heavy atom. The lowest BCUT2D eigenvalue weighted by Gasteiger charge is -2.24. The summed E-state index contributed by atoms with van der Waals surface area (Å²) in [6.07, 6.45) is 0. The zero-order chi connectivity index (χ0) is 8.65. The van der Waals surface area contributed by atoms with Crippen LogP contribution in [0.1, 0.15) is 10.7 Å². The number of nitrogens with two attached hydrogens (primary N) is 1. The van der Waals surface area contributed by atoms with Crippen LogP contribution in [-0.2, 0) is 0 Å². The van der Waals surface area contributed by atoms with Crippen molar-refractivity contribution in [2.75, 3.05) is 0 Å². The standard InChI is InChI=1S/C5H10N2O2S2/c1-3-5(11(6,8)9)10-4(2)7-3/h8-9H,6H2,1-2H3. The van der Waals surface area contributed by atoms with E-state index in [1.54, 1.807) is 13.8 Å². The second-order valence-electron chi connectivity index (χ2n) is 2.20. The molecule has 4 N–H and O–H groups in total. The molecule has 0 aliphatic carbocycles. The minimum atomic E-state index is -3.06. The van der Waals surface area contributed by atoms with Gasteiger partial charge in [0.2, 0.25) is 0 Å². The summed E-state index contributed by atoms with van der Waals surface area (Å²) < 4.78 is 18.5. The van der Waals surface area contributed by atoms with Gasteiger partial charge in [-0.2, -0.15) is 0 Å². The topological polar surface area (TPSA) is 79.4 Å². The van der Waals surface area contributed by atoms with Gasteiger partial charge in [0.1, 0.15) is 0 Å². The van der Waals surface area contributed by atoms with E-state index in [1.807, 2.05) is 0 Å². The van der Waals surface area contributed by atoms with E-state index in [0.717, 1.165) is 5.01 Å². The van der Waals surface area contributed by atoms with Crippen molar-refractivity contribution in [3.63, 3.8) is 0 Å². The van der Waals surface area contributed by atoms with Gasteiger partial charge in [0.25, 0.3) is 0 Å². The summed E-state index contributed by atoms with van der Waals surface area (Å²) in [4.78, 5) is 4.02. The van der Waals surface area contributed by atoms with Gasteiger partial charge < -0.3 is 0 Å². The van der Waals surface area contributed by atoms with Crippen molar-refractivity contribution >= 4 is 22.1 Å². The number of thiazole rings is 1. The van der Waals surface area contributed by atoms with E-state index in [0.29, 0.717) is 9.90 Å². The average Bonchev–Trinajstić information content (AvgIpc) is 2.08. The molecule has 0 unspecified atom stereocenters. The molecule has 0 atom stereocenters. The lowest BCUT2D eigenvalue weighted by molar-refractivity contribution is 0.490. The maximum absolute atomic E-state index is 9.07. The molecule has 0 aliphatic rings. The molecule has 0 aliphatic heterocycles. The van der Waals surface area contributed by atoms with Crippen molar-refractivity contribution in [2.45, 2.75) is 18.1 Å². The Morgan fingerprint density at radius 2 is 2.00 bits per heavy atom. The third kappa shape index (κ3) is 1.91. The molecular weight excluding hydrogens is 184 g/mol. The van der Waals surface area contributed by atoms with Crippen molar-refractivity contribution < 1.29 is 9.11 Å². The highest BCUT2D eigenvalue weighted by Crippen LogP contribution is 2.45. The summed E-state index contributed by atoms with van der Waals surface area (Å²) in [7, 11) is -3.06. The molecule has 4 nitrogen and oxygen atoms in total. The lowest BCUT2D eigenvalue weighted by Crippen LogP contribution is -2.07. The summed E-state index contributed by atoms with van der Waals surface area (Å²) >= 11 is 1.22. The molecule has 11 heavy (non-hydrogen) atoms. The number of hydrogen-bond donors (Lipinski definition) is 3. The summed E-state index contributed by atoms with van der Waals surface area (Å²) in [6.45, 7) is 3.51. The third-order valence-corrected chi connectivity index (χ3v) is 3.83. The Morgan fingerprint density at radius 1 is 1.45 bits per heavy atom. The third-order valence-electron chi connectivity index (χ3n) is 1.13. The molecule has 0 spiro atoms. The molecule has 6 heteroatoms. The van der Waals surface area contributed by atoms with Crippen LogP contribution >= 0.6 is 22.1 Å². The van der Waals surface area contributed by atoms with Gasteiger partial charge in [-0.1, -0.05) is 0 Å². The van der Waals surface area contributed by atoms with Crippen LogP contribution in [0.5, 0.6) is 0 Å². The monoisotopic (exact) mass is 194 g/mol. The summed E-state index contributed by atoms with van der Waals surface area (Å²) in [5.41, 5.74) is 0.606. The van der Waals surface area contributed by atoms with E-state index in [1.165, 1.54) is 11.3 Å². The van der Waals surface area contributed by atoms with Crippen LogP contribution in [-0.4, -0.2) is 14.1 Å². The first-order valence-corrected chi connectivity index (χ1v) is 5.34. The van der Waals surface area contributed by atoms with Crippen LogP contribution in [0.15, 0.2) is 4.21 Å². The Labute approximate surface area is 70.6 Å². The molecular formula is C5H10N2O2S2. The molecule has 0 amide bonds. The average molecular weight is 194 g/mol. The second kappa shape index (κ2) is 2.72.